The Bertz CT molecular complexity index is 579. The molecule has 1 saturated heterocycles. The lowest BCUT2D eigenvalue weighted by Crippen LogP contribution is -2.49. The molecule has 23 heavy (non-hydrogen) atoms. The molecule has 6 nitrogen and oxygen atoms in total. The molecule has 2 heterocycles. The Morgan fingerprint density at radius 3 is 2.48 bits per heavy atom. The van der Waals surface area contributed by atoms with Gasteiger partial charge in [0, 0.05) is 38.3 Å². The Hall–Kier alpha value is -2.11. The number of aromatic nitrogens is 1. The fraction of sp³-hybridized carbons (Fsp3) is 0.588. The maximum atomic E-state index is 12.2. The van der Waals surface area contributed by atoms with Gasteiger partial charge in [-0.2, -0.15) is 0 Å². The van der Waals surface area contributed by atoms with E-state index in [2.05, 4.69) is 16.8 Å². The second kappa shape index (κ2) is 6.56. The monoisotopic (exact) mass is 317 g/mol. The van der Waals surface area contributed by atoms with Crippen LogP contribution in [0.3, 0.4) is 0 Å². The van der Waals surface area contributed by atoms with E-state index in [1.807, 2.05) is 11.0 Å². The Labute approximate surface area is 136 Å². The van der Waals surface area contributed by atoms with Crippen LogP contribution in [0.2, 0.25) is 0 Å². The highest BCUT2D eigenvalue weighted by Crippen LogP contribution is 2.39. The van der Waals surface area contributed by atoms with Gasteiger partial charge in [-0.3, -0.25) is 4.79 Å². The van der Waals surface area contributed by atoms with Gasteiger partial charge in [0.15, 0.2) is 0 Å². The first-order chi connectivity index (χ1) is 11.1. The molecule has 1 saturated carbocycles. The van der Waals surface area contributed by atoms with E-state index in [1.165, 1.54) is 0 Å². The fourth-order valence-corrected chi connectivity index (χ4v) is 2.96. The quantitative estimate of drug-likeness (QED) is 0.789. The molecule has 2 aliphatic rings. The molecule has 2 atom stereocenters. The largest absolute Gasteiger partial charge is 0.462 e. The van der Waals surface area contributed by atoms with Gasteiger partial charge in [0.25, 0.3) is 0 Å². The van der Waals surface area contributed by atoms with Crippen molar-refractivity contribution in [3.63, 3.8) is 0 Å². The van der Waals surface area contributed by atoms with Crippen LogP contribution in [0.1, 0.15) is 30.6 Å². The molecule has 124 valence electrons. The van der Waals surface area contributed by atoms with Crippen molar-refractivity contribution in [1.82, 2.24) is 9.88 Å². The zero-order valence-corrected chi connectivity index (χ0v) is 13.7. The summed E-state index contributed by atoms with van der Waals surface area (Å²) in [5, 5.41) is 0. The van der Waals surface area contributed by atoms with Crippen LogP contribution in [0.5, 0.6) is 0 Å². The van der Waals surface area contributed by atoms with Crippen LogP contribution in [0.15, 0.2) is 18.3 Å². The van der Waals surface area contributed by atoms with Gasteiger partial charge in [-0.15, -0.1) is 0 Å². The van der Waals surface area contributed by atoms with Crippen LogP contribution in [0.25, 0.3) is 0 Å². The minimum absolute atomic E-state index is 0.253. The molecule has 2 unspecified atom stereocenters. The molecule has 1 aliphatic heterocycles. The topological polar surface area (TPSA) is 62.7 Å². The van der Waals surface area contributed by atoms with E-state index in [0.29, 0.717) is 24.0 Å². The summed E-state index contributed by atoms with van der Waals surface area (Å²) in [6.07, 6.45) is 2.59. The highest BCUT2D eigenvalue weighted by molar-refractivity contribution is 5.89. The fourth-order valence-electron chi connectivity index (χ4n) is 2.96. The second-order valence-corrected chi connectivity index (χ2v) is 6.26. The number of piperazine rings is 1. The van der Waals surface area contributed by atoms with E-state index in [9.17, 15) is 9.59 Å². The smallest absolute Gasteiger partial charge is 0.339 e. The third kappa shape index (κ3) is 3.46. The van der Waals surface area contributed by atoms with Gasteiger partial charge in [-0.1, -0.05) is 6.92 Å². The molecule has 6 heteroatoms. The summed E-state index contributed by atoms with van der Waals surface area (Å²) >= 11 is 0. The normalized spacial score (nSPS) is 23.6. The third-order valence-electron chi connectivity index (χ3n) is 4.60. The van der Waals surface area contributed by atoms with Crippen LogP contribution in [0, 0.1) is 11.8 Å². The standard InChI is InChI=1S/C17H23N3O3/c1-3-23-17(22)13-4-5-15(18-11-13)19-6-8-20(9-7-19)16(21)14-10-12(14)2/h4-5,11-12,14H,3,6-10H2,1-2H3. The molecular formula is C17H23N3O3. The Kier molecular flexibility index (Phi) is 4.50. The molecule has 1 aliphatic carbocycles. The van der Waals surface area contributed by atoms with E-state index in [4.69, 9.17) is 4.74 Å². The molecule has 0 bridgehead atoms. The van der Waals surface area contributed by atoms with Gasteiger partial charge in [0.1, 0.15) is 5.82 Å². The molecule has 1 aromatic heterocycles. The maximum absolute atomic E-state index is 12.2. The number of hydrogen-bond acceptors (Lipinski definition) is 5. The number of carbonyl (C=O) groups is 2. The number of anilines is 1. The number of ether oxygens (including phenoxy) is 1. The SMILES string of the molecule is CCOC(=O)c1ccc(N2CCN(C(=O)C3CC3C)CC2)nc1. The van der Waals surface area contributed by atoms with Crippen LogP contribution in [-0.4, -0.2) is 54.5 Å². The lowest BCUT2D eigenvalue weighted by atomic mass is 10.2. The van der Waals surface area contributed by atoms with Crippen LogP contribution < -0.4 is 4.90 Å². The van der Waals surface area contributed by atoms with E-state index < -0.39 is 0 Å². The molecule has 0 aromatic carbocycles. The minimum atomic E-state index is -0.347. The van der Waals surface area contributed by atoms with Crippen molar-refractivity contribution in [3.05, 3.63) is 23.9 Å². The first kappa shape index (κ1) is 15.8. The Morgan fingerprint density at radius 2 is 1.96 bits per heavy atom. The maximum Gasteiger partial charge on any atom is 0.339 e. The predicted octanol–water partition coefficient (Wildman–Crippen LogP) is 1.56. The summed E-state index contributed by atoms with van der Waals surface area (Å²) in [6, 6.07) is 3.58. The van der Waals surface area contributed by atoms with Gasteiger partial charge < -0.3 is 14.5 Å². The van der Waals surface area contributed by atoms with Crippen LogP contribution in [-0.2, 0) is 9.53 Å². The molecule has 0 N–H and O–H groups in total. The number of carbonyl (C=O) groups excluding carboxylic acids is 2. The van der Waals surface area contributed by atoms with Gasteiger partial charge >= 0.3 is 5.97 Å². The van der Waals surface area contributed by atoms with E-state index in [0.717, 1.165) is 38.4 Å². The van der Waals surface area contributed by atoms with Crippen molar-refractivity contribution in [3.8, 4) is 0 Å². The second-order valence-electron chi connectivity index (χ2n) is 6.26. The summed E-state index contributed by atoms with van der Waals surface area (Å²) in [7, 11) is 0. The summed E-state index contributed by atoms with van der Waals surface area (Å²) in [5.74, 6) is 1.61. The van der Waals surface area contributed by atoms with E-state index in [-0.39, 0.29) is 11.9 Å². The predicted molar refractivity (Wildman–Crippen MR) is 86.3 cm³/mol. The average molecular weight is 317 g/mol. The first-order valence-electron chi connectivity index (χ1n) is 8.27. The molecule has 2 fully saturated rings. The lowest BCUT2D eigenvalue weighted by molar-refractivity contribution is -0.133. The molecule has 0 spiro atoms. The minimum Gasteiger partial charge on any atom is -0.462 e. The average Bonchev–Trinajstić information content (AvgIpc) is 3.31. The van der Waals surface area contributed by atoms with Crippen molar-refractivity contribution in [2.75, 3.05) is 37.7 Å². The third-order valence-corrected chi connectivity index (χ3v) is 4.60. The highest BCUT2D eigenvalue weighted by Gasteiger charge is 2.41. The molecule has 3 rings (SSSR count). The summed E-state index contributed by atoms with van der Waals surface area (Å²) < 4.78 is 4.95. The lowest BCUT2D eigenvalue weighted by Gasteiger charge is -2.35. The first-order valence-corrected chi connectivity index (χ1v) is 8.27. The zero-order chi connectivity index (χ0) is 16.4. The number of amides is 1. The molecule has 1 amide bonds. The molecule has 0 radical (unpaired) electrons. The molecular weight excluding hydrogens is 294 g/mol. The van der Waals surface area contributed by atoms with Crippen molar-refractivity contribution in [2.45, 2.75) is 20.3 Å². The number of esters is 1. The summed E-state index contributed by atoms with van der Waals surface area (Å²) in [5.41, 5.74) is 0.465. The Morgan fingerprint density at radius 1 is 1.26 bits per heavy atom. The number of hydrogen-bond donors (Lipinski definition) is 0. The molecule has 1 aromatic rings. The zero-order valence-electron chi connectivity index (χ0n) is 13.7. The summed E-state index contributed by atoms with van der Waals surface area (Å²) in [4.78, 5) is 32.3. The van der Waals surface area contributed by atoms with Gasteiger partial charge in [-0.25, -0.2) is 9.78 Å². The highest BCUT2D eigenvalue weighted by atomic mass is 16.5. The van der Waals surface area contributed by atoms with Gasteiger partial charge in [0.05, 0.1) is 12.2 Å². The van der Waals surface area contributed by atoms with Crippen molar-refractivity contribution < 1.29 is 14.3 Å². The van der Waals surface area contributed by atoms with Crippen molar-refractivity contribution in [1.29, 1.82) is 0 Å². The number of nitrogens with zero attached hydrogens (tertiary/aromatic N) is 3. The van der Waals surface area contributed by atoms with Crippen LogP contribution >= 0.6 is 0 Å². The van der Waals surface area contributed by atoms with Crippen molar-refractivity contribution >= 4 is 17.7 Å². The summed E-state index contributed by atoms with van der Waals surface area (Å²) in [6.45, 7) is 7.30. The number of pyridine rings is 1. The Balaban J connectivity index is 1.55. The van der Waals surface area contributed by atoms with Gasteiger partial charge in [-0.05, 0) is 31.4 Å². The van der Waals surface area contributed by atoms with Gasteiger partial charge in [0.2, 0.25) is 5.91 Å². The van der Waals surface area contributed by atoms with E-state index >= 15 is 0 Å². The van der Waals surface area contributed by atoms with Crippen LogP contribution in [0.4, 0.5) is 5.82 Å². The number of rotatable bonds is 4. The van der Waals surface area contributed by atoms with E-state index in [1.54, 1.807) is 19.2 Å². The van der Waals surface area contributed by atoms with Crippen molar-refractivity contribution in [2.24, 2.45) is 11.8 Å².